The van der Waals surface area contributed by atoms with E-state index in [1.165, 1.54) is 44.6 Å². The van der Waals surface area contributed by atoms with E-state index >= 15 is 0 Å². The molecule has 1 aliphatic rings. The molecule has 0 aliphatic heterocycles. The van der Waals surface area contributed by atoms with Crippen molar-refractivity contribution >= 4 is 5.69 Å². The zero-order valence-electron chi connectivity index (χ0n) is 12.8. The largest absolute Gasteiger partial charge is 0.374 e. The van der Waals surface area contributed by atoms with Crippen LogP contribution in [-0.2, 0) is 0 Å². The molecule has 1 aliphatic carbocycles. The second-order valence-electron chi connectivity index (χ2n) is 6.28. The third-order valence-electron chi connectivity index (χ3n) is 4.54. The lowest BCUT2D eigenvalue weighted by Gasteiger charge is -2.37. The molecule has 2 rings (SSSR count). The highest BCUT2D eigenvalue weighted by Crippen LogP contribution is 2.36. The summed E-state index contributed by atoms with van der Waals surface area (Å²) in [7, 11) is 4.12. The minimum Gasteiger partial charge on any atom is -0.374 e. The van der Waals surface area contributed by atoms with Crippen molar-refractivity contribution in [3.63, 3.8) is 0 Å². The fourth-order valence-corrected chi connectivity index (χ4v) is 3.55. The molecule has 0 unspecified atom stereocenters. The van der Waals surface area contributed by atoms with Crippen LogP contribution in [0.2, 0.25) is 0 Å². The van der Waals surface area contributed by atoms with E-state index in [4.69, 9.17) is 0 Å². The van der Waals surface area contributed by atoms with Crippen LogP contribution in [-0.4, -0.2) is 27.2 Å². The maximum absolute atomic E-state index is 13.4. The average Bonchev–Trinajstić information content (AvgIpc) is 2.65. The quantitative estimate of drug-likeness (QED) is 0.824. The van der Waals surface area contributed by atoms with Gasteiger partial charge in [-0.15, -0.1) is 0 Å². The first-order valence-electron chi connectivity index (χ1n) is 7.77. The predicted molar refractivity (Wildman–Crippen MR) is 83.7 cm³/mol. The van der Waals surface area contributed by atoms with Gasteiger partial charge in [0.25, 0.3) is 0 Å². The maximum atomic E-state index is 13.4. The van der Waals surface area contributed by atoms with Crippen LogP contribution in [0.15, 0.2) is 24.3 Å². The van der Waals surface area contributed by atoms with E-state index < -0.39 is 0 Å². The Morgan fingerprint density at radius 2 is 1.90 bits per heavy atom. The molecule has 1 saturated carbocycles. The minimum atomic E-state index is -0.155. The molecule has 2 nitrogen and oxygen atoms in total. The monoisotopic (exact) mass is 278 g/mol. The molecule has 1 fully saturated rings. The van der Waals surface area contributed by atoms with Gasteiger partial charge in [-0.2, -0.15) is 0 Å². The van der Waals surface area contributed by atoms with Gasteiger partial charge >= 0.3 is 0 Å². The summed E-state index contributed by atoms with van der Waals surface area (Å²) in [5, 5.41) is 3.37. The van der Waals surface area contributed by atoms with E-state index in [9.17, 15) is 4.39 Å². The average molecular weight is 278 g/mol. The van der Waals surface area contributed by atoms with E-state index in [1.807, 2.05) is 13.1 Å². The summed E-state index contributed by atoms with van der Waals surface area (Å²) in [6.07, 6.45) is 7.89. The Morgan fingerprint density at radius 1 is 1.20 bits per heavy atom. The highest BCUT2D eigenvalue weighted by Gasteiger charge is 2.31. The Bertz CT molecular complexity index is 411. The summed E-state index contributed by atoms with van der Waals surface area (Å²) in [5.41, 5.74) is 1.30. The summed E-state index contributed by atoms with van der Waals surface area (Å²) >= 11 is 0. The number of nitrogens with one attached hydrogen (secondary N) is 1. The van der Waals surface area contributed by atoms with Gasteiger partial charge in [0.2, 0.25) is 0 Å². The van der Waals surface area contributed by atoms with Gasteiger partial charge in [0.15, 0.2) is 0 Å². The summed E-state index contributed by atoms with van der Waals surface area (Å²) in [4.78, 5) is 2.21. The number of hydrogen-bond acceptors (Lipinski definition) is 2. The van der Waals surface area contributed by atoms with Crippen molar-refractivity contribution in [2.45, 2.75) is 38.5 Å². The lowest BCUT2D eigenvalue weighted by atomic mass is 9.79. The molecular weight excluding hydrogens is 251 g/mol. The lowest BCUT2D eigenvalue weighted by molar-refractivity contribution is 0.245. The standard InChI is InChI=1S/C17H27FN2/c1-19-13-17(10-5-3-4-6-11-17)14-20(2)16-9-7-8-15(18)12-16/h7-9,12,19H,3-6,10-11,13-14H2,1-2H3. The smallest absolute Gasteiger partial charge is 0.125 e. The fourth-order valence-electron chi connectivity index (χ4n) is 3.55. The van der Waals surface area contributed by atoms with E-state index in [0.717, 1.165) is 18.8 Å². The van der Waals surface area contributed by atoms with Gasteiger partial charge in [-0.3, -0.25) is 0 Å². The van der Waals surface area contributed by atoms with Crippen LogP contribution < -0.4 is 10.2 Å². The normalized spacial score (nSPS) is 18.6. The zero-order chi connectivity index (χ0) is 14.4. The first kappa shape index (κ1) is 15.3. The number of benzene rings is 1. The number of anilines is 1. The number of halogens is 1. The van der Waals surface area contributed by atoms with Crippen LogP contribution in [0.3, 0.4) is 0 Å². The zero-order valence-corrected chi connectivity index (χ0v) is 12.8. The molecule has 3 heteroatoms. The van der Waals surface area contributed by atoms with Crippen molar-refractivity contribution in [2.24, 2.45) is 5.41 Å². The highest BCUT2D eigenvalue weighted by molar-refractivity contribution is 5.45. The van der Waals surface area contributed by atoms with Crippen molar-refractivity contribution in [3.05, 3.63) is 30.1 Å². The van der Waals surface area contributed by atoms with Crippen molar-refractivity contribution in [3.8, 4) is 0 Å². The van der Waals surface area contributed by atoms with E-state index in [0.29, 0.717) is 5.41 Å². The topological polar surface area (TPSA) is 15.3 Å². The third kappa shape index (κ3) is 3.95. The van der Waals surface area contributed by atoms with Crippen LogP contribution in [0, 0.1) is 11.2 Å². The Morgan fingerprint density at radius 3 is 2.50 bits per heavy atom. The SMILES string of the molecule is CNCC1(CN(C)c2cccc(F)c2)CCCCCC1. The Kier molecular flexibility index (Phi) is 5.41. The van der Waals surface area contributed by atoms with E-state index in [2.05, 4.69) is 17.3 Å². The molecular formula is C17H27FN2. The Balaban J connectivity index is 2.10. The van der Waals surface area contributed by atoms with Gasteiger partial charge < -0.3 is 10.2 Å². The van der Waals surface area contributed by atoms with Crippen molar-refractivity contribution in [1.29, 1.82) is 0 Å². The second-order valence-corrected chi connectivity index (χ2v) is 6.28. The molecule has 0 heterocycles. The third-order valence-corrected chi connectivity index (χ3v) is 4.54. The number of rotatable bonds is 5. The molecule has 0 radical (unpaired) electrons. The molecule has 0 amide bonds. The van der Waals surface area contributed by atoms with Gasteiger partial charge in [0.1, 0.15) is 5.82 Å². The summed E-state index contributed by atoms with van der Waals surface area (Å²) in [5.74, 6) is -0.155. The Labute approximate surface area is 122 Å². The van der Waals surface area contributed by atoms with E-state index in [-0.39, 0.29) is 5.82 Å². The first-order valence-corrected chi connectivity index (χ1v) is 7.77. The van der Waals surface area contributed by atoms with Crippen LogP contribution in [0.25, 0.3) is 0 Å². The molecule has 0 spiro atoms. The molecule has 0 atom stereocenters. The van der Waals surface area contributed by atoms with Crippen LogP contribution >= 0.6 is 0 Å². The van der Waals surface area contributed by atoms with Crippen LogP contribution in [0.4, 0.5) is 10.1 Å². The Hall–Kier alpha value is -1.09. The van der Waals surface area contributed by atoms with Gasteiger partial charge in [-0.1, -0.05) is 31.7 Å². The molecule has 1 N–H and O–H groups in total. The molecule has 112 valence electrons. The van der Waals surface area contributed by atoms with Crippen molar-refractivity contribution < 1.29 is 4.39 Å². The highest BCUT2D eigenvalue weighted by atomic mass is 19.1. The molecule has 0 aromatic heterocycles. The maximum Gasteiger partial charge on any atom is 0.125 e. The lowest BCUT2D eigenvalue weighted by Crippen LogP contribution is -2.42. The van der Waals surface area contributed by atoms with Crippen molar-refractivity contribution in [2.75, 3.05) is 32.1 Å². The molecule has 0 saturated heterocycles. The molecule has 20 heavy (non-hydrogen) atoms. The fraction of sp³-hybridized carbons (Fsp3) is 0.647. The van der Waals surface area contributed by atoms with Crippen LogP contribution in [0.1, 0.15) is 38.5 Å². The number of nitrogens with zero attached hydrogens (tertiary/aromatic N) is 1. The van der Waals surface area contributed by atoms with Crippen molar-refractivity contribution in [1.82, 2.24) is 5.32 Å². The summed E-state index contributed by atoms with van der Waals surface area (Å²) in [6, 6.07) is 6.92. The summed E-state index contributed by atoms with van der Waals surface area (Å²) < 4.78 is 13.4. The molecule has 1 aromatic carbocycles. The molecule has 1 aromatic rings. The van der Waals surface area contributed by atoms with Gasteiger partial charge in [-0.25, -0.2) is 4.39 Å². The first-order chi connectivity index (χ1) is 9.65. The van der Waals surface area contributed by atoms with Crippen LogP contribution in [0.5, 0.6) is 0 Å². The predicted octanol–water partition coefficient (Wildman–Crippen LogP) is 3.82. The summed E-state index contributed by atoms with van der Waals surface area (Å²) in [6.45, 7) is 2.05. The minimum absolute atomic E-state index is 0.155. The number of hydrogen-bond donors (Lipinski definition) is 1. The van der Waals surface area contributed by atoms with Gasteiger partial charge in [0.05, 0.1) is 0 Å². The molecule has 0 bridgehead atoms. The van der Waals surface area contributed by atoms with Gasteiger partial charge in [-0.05, 0) is 38.1 Å². The van der Waals surface area contributed by atoms with E-state index in [1.54, 1.807) is 12.1 Å². The second kappa shape index (κ2) is 7.07. The van der Waals surface area contributed by atoms with Gasteiger partial charge in [0, 0.05) is 31.2 Å².